The summed E-state index contributed by atoms with van der Waals surface area (Å²) in [4.78, 5) is 12.0. The number of carbonyl (C=O) groups is 1. The Morgan fingerprint density at radius 3 is 2.95 bits per heavy atom. The molecule has 22 heavy (non-hydrogen) atoms. The zero-order valence-corrected chi connectivity index (χ0v) is 12.4. The molecule has 1 aromatic heterocycles. The van der Waals surface area contributed by atoms with Gasteiger partial charge in [-0.05, 0) is 42.7 Å². The Labute approximate surface area is 129 Å². The summed E-state index contributed by atoms with van der Waals surface area (Å²) in [6.07, 6.45) is 3.12. The lowest BCUT2D eigenvalue weighted by Gasteiger charge is -2.11. The van der Waals surface area contributed by atoms with E-state index in [0.29, 0.717) is 19.7 Å². The maximum atomic E-state index is 12.0. The van der Waals surface area contributed by atoms with Crippen LogP contribution in [0.2, 0.25) is 0 Å². The van der Waals surface area contributed by atoms with Gasteiger partial charge in [0.15, 0.2) is 0 Å². The van der Waals surface area contributed by atoms with Gasteiger partial charge in [-0.25, -0.2) is 0 Å². The Morgan fingerprint density at radius 2 is 2.18 bits per heavy atom. The van der Waals surface area contributed by atoms with Crippen molar-refractivity contribution in [3.05, 3.63) is 54.0 Å². The number of hydrogen-bond donors (Lipinski definition) is 2. The fourth-order valence-corrected chi connectivity index (χ4v) is 2.51. The predicted octanol–water partition coefficient (Wildman–Crippen LogP) is 2.69. The Bertz CT molecular complexity index is 604. The number of amides is 1. The van der Waals surface area contributed by atoms with Gasteiger partial charge in [-0.3, -0.25) is 4.79 Å². The largest absolute Gasteiger partial charge is 0.468 e. The van der Waals surface area contributed by atoms with Crippen LogP contribution in [0.1, 0.15) is 24.2 Å². The molecule has 0 bridgehead atoms. The Hall–Kier alpha value is -2.11. The average molecular weight is 300 g/mol. The second-order valence-electron chi connectivity index (χ2n) is 5.37. The van der Waals surface area contributed by atoms with Gasteiger partial charge in [-0.2, -0.15) is 0 Å². The highest BCUT2D eigenvalue weighted by Gasteiger charge is 2.23. The SMILES string of the molecule is O=C(Nc1cccc(CNCc2ccco2)c1)C1CCCO1. The van der Waals surface area contributed by atoms with Crippen LogP contribution < -0.4 is 10.6 Å². The maximum absolute atomic E-state index is 12.0. The van der Waals surface area contributed by atoms with Crippen molar-refractivity contribution >= 4 is 11.6 Å². The lowest BCUT2D eigenvalue weighted by atomic mass is 10.2. The normalized spacial score (nSPS) is 17.5. The molecule has 0 aliphatic carbocycles. The van der Waals surface area contributed by atoms with Crippen molar-refractivity contribution in [1.29, 1.82) is 0 Å². The van der Waals surface area contributed by atoms with Gasteiger partial charge in [0.25, 0.3) is 5.91 Å². The predicted molar refractivity (Wildman–Crippen MR) is 83.3 cm³/mol. The molecule has 116 valence electrons. The minimum absolute atomic E-state index is 0.0572. The Kier molecular flexibility index (Phi) is 4.88. The molecular formula is C17H20N2O3. The van der Waals surface area contributed by atoms with Crippen molar-refractivity contribution < 1.29 is 13.9 Å². The zero-order valence-electron chi connectivity index (χ0n) is 12.4. The number of carbonyl (C=O) groups excluding carboxylic acids is 1. The summed E-state index contributed by atoms with van der Waals surface area (Å²) in [5, 5.41) is 6.23. The Morgan fingerprint density at radius 1 is 1.23 bits per heavy atom. The third-order valence-corrected chi connectivity index (χ3v) is 3.63. The van der Waals surface area contributed by atoms with Crippen LogP contribution in [0.5, 0.6) is 0 Å². The summed E-state index contributed by atoms with van der Waals surface area (Å²) in [5.74, 6) is 0.848. The molecule has 2 heterocycles. The first-order valence-electron chi connectivity index (χ1n) is 7.56. The van der Waals surface area contributed by atoms with Crippen molar-refractivity contribution in [2.75, 3.05) is 11.9 Å². The maximum Gasteiger partial charge on any atom is 0.253 e. The van der Waals surface area contributed by atoms with E-state index in [2.05, 4.69) is 10.6 Å². The number of anilines is 1. The van der Waals surface area contributed by atoms with E-state index in [1.807, 2.05) is 36.4 Å². The van der Waals surface area contributed by atoms with E-state index < -0.39 is 0 Å². The number of nitrogens with one attached hydrogen (secondary N) is 2. The summed E-state index contributed by atoms with van der Waals surface area (Å²) in [6, 6.07) is 11.6. The molecule has 1 atom stereocenters. The quantitative estimate of drug-likeness (QED) is 0.861. The monoisotopic (exact) mass is 300 g/mol. The van der Waals surface area contributed by atoms with Crippen LogP contribution in [0.3, 0.4) is 0 Å². The first kappa shape index (κ1) is 14.8. The molecule has 1 aromatic carbocycles. The van der Waals surface area contributed by atoms with Crippen LogP contribution in [-0.2, 0) is 22.6 Å². The molecule has 1 amide bonds. The summed E-state index contributed by atoms with van der Waals surface area (Å²) >= 11 is 0. The van der Waals surface area contributed by atoms with Gasteiger partial charge < -0.3 is 19.8 Å². The average Bonchev–Trinajstić information content (AvgIpc) is 3.21. The molecule has 5 nitrogen and oxygen atoms in total. The number of furan rings is 1. The standard InChI is InChI=1S/C17H20N2O3/c20-17(16-7-3-9-22-16)19-14-5-1-4-13(10-14)11-18-12-15-6-2-8-21-15/h1-2,4-6,8,10,16,18H,3,7,9,11-12H2,(H,19,20). The van der Waals surface area contributed by atoms with Gasteiger partial charge in [0.1, 0.15) is 11.9 Å². The smallest absolute Gasteiger partial charge is 0.253 e. The van der Waals surface area contributed by atoms with Crippen molar-refractivity contribution in [1.82, 2.24) is 5.32 Å². The summed E-state index contributed by atoms with van der Waals surface area (Å²) in [7, 11) is 0. The number of rotatable bonds is 6. The molecule has 1 saturated heterocycles. The highest BCUT2D eigenvalue weighted by molar-refractivity contribution is 5.94. The third kappa shape index (κ3) is 3.96. The molecule has 0 spiro atoms. The molecule has 5 heteroatoms. The Balaban J connectivity index is 1.51. The third-order valence-electron chi connectivity index (χ3n) is 3.63. The van der Waals surface area contributed by atoms with E-state index in [0.717, 1.165) is 29.9 Å². The molecule has 1 aliphatic heterocycles. The molecular weight excluding hydrogens is 280 g/mol. The topological polar surface area (TPSA) is 63.5 Å². The van der Waals surface area contributed by atoms with Crippen LogP contribution >= 0.6 is 0 Å². The van der Waals surface area contributed by atoms with Crippen LogP contribution in [0.4, 0.5) is 5.69 Å². The fraction of sp³-hybridized carbons (Fsp3) is 0.353. The molecule has 2 N–H and O–H groups in total. The van der Waals surface area contributed by atoms with Crippen molar-refractivity contribution in [3.63, 3.8) is 0 Å². The fourth-order valence-electron chi connectivity index (χ4n) is 2.51. The lowest BCUT2D eigenvalue weighted by molar-refractivity contribution is -0.124. The van der Waals surface area contributed by atoms with Crippen LogP contribution in [0.25, 0.3) is 0 Å². The first-order chi connectivity index (χ1) is 10.8. The number of benzene rings is 1. The van der Waals surface area contributed by atoms with Crippen LogP contribution in [-0.4, -0.2) is 18.6 Å². The van der Waals surface area contributed by atoms with Crippen molar-refractivity contribution in [3.8, 4) is 0 Å². The van der Waals surface area contributed by atoms with Gasteiger partial charge >= 0.3 is 0 Å². The minimum Gasteiger partial charge on any atom is -0.468 e. The van der Waals surface area contributed by atoms with Gasteiger partial charge in [0.05, 0.1) is 12.8 Å². The lowest BCUT2D eigenvalue weighted by Crippen LogP contribution is -2.26. The van der Waals surface area contributed by atoms with Crippen LogP contribution in [0.15, 0.2) is 47.1 Å². The molecule has 0 radical (unpaired) electrons. The summed E-state index contributed by atoms with van der Waals surface area (Å²) < 4.78 is 10.7. The van der Waals surface area contributed by atoms with Gasteiger partial charge in [0.2, 0.25) is 0 Å². The molecule has 0 saturated carbocycles. The molecule has 2 aromatic rings. The van der Waals surface area contributed by atoms with E-state index in [-0.39, 0.29) is 12.0 Å². The van der Waals surface area contributed by atoms with E-state index in [1.165, 1.54) is 0 Å². The first-order valence-corrected chi connectivity index (χ1v) is 7.56. The van der Waals surface area contributed by atoms with E-state index in [9.17, 15) is 4.79 Å². The van der Waals surface area contributed by atoms with E-state index >= 15 is 0 Å². The van der Waals surface area contributed by atoms with Gasteiger partial charge in [-0.1, -0.05) is 12.1 Å². The number of hydrogen-bond acceptors (Lipinski definition) is 4. The second kappa shape index (κ2) is 7.24. The summed E-state index contributed by atoms with van der Waals surface area (Å²) in [6.45, 7) is 2.07. The highest BCUT2D eigenvalue weighted by Crippen LogP contribution is 2.16. The van der Waals surface area contributed by atoms with Gasteiger partial charge in [0, 0.05) is 18.8 Å². The zero-order chi connectivity index (χ0) is 15.2. The van der Waals surface area contributed by atoms with E-state index in [4.69, 9.17) is 9.15 Å². The minimum atomic E-state index is -0.305. The highest BCUT2D eigenvalue weighted by atomic mass is 16.5. The van der Waals surface area contributed by atoms with Gasteiger partial charge in [-0.15, -0.1) is 0 Å². The van der Waals surface area contributed by atoms with Crippen LogP contribution in [0, 0.1) is 0 Å². The van der Waals surface area contributed by atoms with E-state index in [1.54, 1.807) is 6.26 Å². The molecule has 1 fully saturated rings. The summed E-state index contributed by atoms with van der Waals surface area (Å²) in [5.41, 5.74) is 1.91. The van der Waals surface area contributed by atoms with Crippen molar-refractivity contribution in [2.24, 2.45) is 0 Å². The van der Waals surface area contributed by atoms with Crippen molar-refractivity contribution in [2.45, 2.75) is 32.0 Å². The molecule has 1 aliphatic rings. The number of ether oxygens (including phenoxy) is 1. The molecule has 3 rings (SSSR count). The second-order valence-corrected chi connectivity index (χ2v) is 5.37. The molecule has 1 unspecified atom stereocenters.